The SMILES string of the molecule is CC(Oc1ccc(C#N)cc1)C(=O)N[C@@H]1C=C[C@H](CO)C1. The molecule has 1 aromatic rings. The maximum Gasteiger partial charge on any atom is 0.261 e. The summed E-state index contributed by atoms with van der Waals surface area (Å²) in [4.78, 5) is 12.0. The molecule has 5 heteroatoms. The smallest absolute Gasteiger partial charge is 0.261 e. The van der Waals surface area contributed by atoms with Gasteiger partial charge in [0.1, 0.15) is 5.75 Å². The van der Waals surface area contributed by atoms with E-state index in [1.54, 1.807) is 31.2 Å². The average Bonchev–Trinajstić information content (AvgIpc) is 2.95. The minimum absolute atomic E-state index is 0.0540. The van der Waals surface area contributed by atoms with Gasteiger partial charge < -0.3 is 15.2 Å². The number of hydrogen-bond donors (Lipinski definition) is 2. The predicted molar refractivity (Wildman–Crippen MR) is 77.5 cm³/mol. The summed E-state index contributed by atoms with van der Waals surface area (Å²) in [5.74, 6) is 0.462. The molecule has 1 amide bonds. The van der Waals surface area contributed by atoms with E-state index in [0.717, 1.165) is 0 Å². The molecule has 0 spiro atoms. The van der Waals surface area contributed by atoms with Gasteiger partial charge in [0.05, 0.1) is 11.6 Å². The van der Waals surface area contributed by atoms with Crippen LogP contribution >= 0.6 is 0 Å². The van der Waals surface area contributed by atoms with Crippen molar-refractivity contribution in [3.63, 3.8) is 0 Å². The molecule has 0 aliphatic heterocycles. The average molecular weight is 286 g/mol. The third-order valence-corrected chi connectivity index (χ3v) is 3.40. The summed E-state index contributed by atoms with van der Waals surface area (Å²) >= 11 is 0. The van der Waals surface area contributed by atoms with Crippen molar-refractivity contribution in [1.29, 1.82) is 5.26 Å². The molecule has 1 aromatic carbocycles. The van der Waals surface area contributed by atoms with Gasteiger partial charge in [-0.2, -0.15) is 5.26 Å². The zero-order valence-corrected chi connectivity index (χ0v) is 11.8. The number of ether oxygens (including phenoxy) is 1. The zero-order chi connectivity index (χ0) is 15.2. The first-order valence-corrected chi connectivity index (χ1v) is 6.88. The number of aliphatic hydroxyl groups is 1. The first-order valence-electron chi connectivity index (χ1n) is 6.88. The highest BCUT2D eigenvalue weighted by Gasteiger charge is 2.22. The lowest BCUT2D eigenvalue weighted by molar-refractivity contribution is -0.127. The van der Waals surface area contributed by atoms with Crippen LogP contribution in [0.25, 0.3) is 0 Å². The summed E-state index contributed by atoms with van der Waals surface area (Å²) in [6, 6.07) is 8.59. The Morgan fingerprint density at radius 3 is 2.76 bits per heavy atom. The molecular formula is C16H18N2O3. The van der Waals surface area contributed by atoms with E-state index in [1.165, 1.54) is 0 Å². The molecule has 110 valence electrons. The van der Waals surface area contributed by atoms with E-state index in [4.69, 9.17) is 15.1 Å². The zero-order valence-electron chi connectivity index (χ0n) is 11.8. The molecule has 0 aromatic heterocycles. The molecular weight excluding hydrogens is 268 g/mol. The Hall–Kier alpha value is -2.32. The number of carbonyl (C=O) groups is 1. The molecule has 2 N–H and O–H groups in total. The second-order valence-corrected chi connectivity index (χ2v) is 5.07. The van der Waals surface area contributed by atoms with Crippen molar-refractivity contribution in [3.05, 3.63) is 42.0 Å². The standard InChI is InChI=1S/C16H18N2O3/c1-11(21-15-6-3-12(9-17)4-7-15)16(20)18-14-5-2-13(8-14)10-19/h2-7,11,13-14,19H,8,10H2,1H3,(H,18,20)/t11?,13-,14+/m0/s1. The largest absolute Gasteiger partial charge is 0.481 e. The number of rotatable bonds is 5. The van der Waals surface area contributed by atoms with Gasteiger partial charge in [0.2, 0.25) is 0 Å². The number of benzene rings is 1. The topological polar surface area (TPSA) is 82.3 Å². The number of hydrogen-bond acceptors (Lipinski definition) is 4. The van der Waals surface area contributed by atoms with Gasteiger partial charge >= 0.3 is 0 Å². The molecule has 5 nitrogen and oxygen atoms in total. The summed E-state index contributed by atoms with van der Waals surface area (Å²) in [6.45, 7) is 1.77. The Bertz CT molecular complexity index is 560. The van der Waals surface area contributed by atoms with E-state index >= 15 is 0 Å². The molecule has 0 saturated carbocycles. The van der Waals surface area contributed by atoms with Crippen LogP contribution in [-0.4, -0.2) is 29.8 Å². The summed E-state index contributed by atoms with van der Waals surface area (Å²) in [5, 5.41) is 20.6. The summed E-state index contributed by atoms with van der Waals surface area (Å²) in [5.41, 5.74) is 0.547. The summed E-state index contributed by atoms with van der Waals surface area (Å²) in [7, 11) is 0. The van der Waals surface area contributed by atoms with Crippen LogP contribution in [-0.2, 0) is 4.79 Å². The Morgan fingerprint density at radius 2 is 2.19 bits per heavy atom. The van der Waals surface area contributed by atoms with Gasteiger partial charge in [0.15, 0.2) is 6.10 Å². The Labute approximate surface area is 123 Å². The van der Waals surface area contributed by atoms with Crippen molar-refractivity contribution in [3.8, 4) is 11.8 Å². The quantitative estimate of drug-likeness (QED) is 0.801. The predicted octanol–water partition coefficient (Wildman–Crippen LogP) is 1.38. The lowest BCUT2D eigenvalue weighted by Gasteiger charge is -2.18. The number of nitrogens with one attached hydrogen (secondary N) is 1. The van der Waals surface area contributed by atoms with Crippen LogP contribution in [0.5, 0.6) is 5.75 Å². The summed E-state index contributed by atoms with van der Waals surface area (Å²) < 4.78 is 5.54. The van der Waals surface area contributed by atoms with E-state index in [-0.39, 0.29) is 24.5 Å². The first kappa shape index (κ1) is 15.1. The van der Waals surface area contributed by atoms with Crippen molar-refractivity contribution in [2.24, 2.45) is 5.92 Å². The highest BCUT2D eigenvalue weighted by Crippen LogP contribution is 2.18. The second-order valence-electron chi connectivity index (χ2n) is 5.07. The molecule has 1 aliphatic carbocycles. The third-order valence-electron chi connectivity index (χ3n) is 3.40. The molecule has 0 heterocycles. The minimum atomic E-state index is -0.625. The van der Waals surface area contributed by atoms with E-state index < -0.39 is 6.10 Å². The van der Waals surface area contributed by atoms with E-state index in [9.17, 15) is 4.79 Å². The highest BCUT2D eigenvalue weighted by molar-refractivity contribution is 5.81. The lowest BCUT2D eigenvalue weighted by atomic mass is 10.1. The highest BCUT2D eigenvalue weighted by atomic mass is 16.5. The molecule has 1 unspecified atom stereocenters. The van der Waals surface area contributed by atoms with Crippen LogP contribution in [0.2, 0.25) is 0 Å². The first-order chi connectivity index (χ1) is 10.1. The van der Waals surface area contributed by atoms with Crippen molar-refractivity contribution in [2.45, 2.75) is 25.5 Å². The van der Waals surface area contributed by atoms with Crippen LogP contribution < -0.4 is 10.1 Å². The molecule has 0 fully saturated rings. The minimum Gasteiger partial charge on any atom is -0.481 e. The fourth-order valence-electron chi connectivity index (χ4n) is 2.18. The van der Waals surface area contributed by atoms with Gasteiger partial charge in [-0.25, -0.2) is 0 Å². The summed E-state index contributed by atoms with van der Waals surface area (Å²) in [6.07, 6.45) is 3.90. The van der Waals surface area contributed by atoms with Gasteiger partial charge in [-0.1, -0.05) is 12.2 Å². The molecule has 3 atom stereocenters. The number of aliphatic hydroxyl groups excluding tert-OH is 1. The number of nitriles is 1. The maximum atomic E-state index is 12.0. The van der Waals surface area contributed by atoms with Crippen LogP contribution in [0.15, 0.2) is 36.4 Å². The molecule has 2 rings (SSSR count). The van der Waals surface area contributed by atoms with Gasteiger partial charge in [-0.05, 0) is 37.6 Å². The van der Waals surface area contributed by atoms with Crippen molar-refractivity contribution < 1.29 is 14.6 Å². The van der Waals surface area contributed by atoms with Crippen LogP contribution in [0.1, 0.15) is 18.9 Å². The maximum absolute atomic E-state index is 12.0. The number of carbonyl (C=O) groups excluding carboxylic acids is 1. The Morgan fingerprint density at radius 1 is 1.48 bits per heavy atom. The third kappa shape index (κ3) is 4.07. The molecule has 0 saturated heterocycles. The van der Waals surface area contributed by atoms with Crippen LogP contribution in [0.4, 0.5) is 0 Å². The van der Waals surface area contributed by atoms with Crippen LogP contribution in [0.3, 0.4) is 0 Å². The Balaban J connectivity index is 1.85. The van der Waals surface area contributed by atoms with Gasteiger partial charge in [-0.15, -0.1) is 0 Å². The molecule has 21 heavy (non-hydrogen) atoms. The van der Waals surface area contributed by atoms with Crippen molar-refractivity contribution in [2.75, 3.05) is 6.61 Å². The second kappa shape index (κ2) is 6.91. The Kier molecular flexibility index (Phi) is 4.96. The van der Waals surface area contributed by atoms with E-state index in [2.05, 4.69) is 5.32 Å². The van der Waals surface area contributed by atoms with E-state index in [1.807, 2.05) is 18.2 Å². The molecule has 0 bridgehead atoms. The normalized spacial score (nSPS) is 21.6. The van der Waals surface area contributed by atoms with Crippen molar-refractivity contribution >= 4 is 5.91 Å². The fourth-order valence-corrected chi connectivity index (χ4v) is 2.18. The number of amides is 1. The fraction of sp³-hybridized carbons (Fsp3) is 0.375. The van der Waals surface area contributed by atoms with Gasteiger partial charge in [-0.3, -0.25) is 4.79 Å². The monoisotopic (exact) mass is 286 g/mol. The van der Waals surface area contributed by atoms with Crippen LogP contribution in [0, 0.1) is 17.2 Å². The van der Waals surface area contributed by atoms with Gasteiger partial charge in [0, 0.05) is 18.6 Å². The lowest BCUT2D eigenvalue weighted by Crippen LogP contribution is -2.41. The number of nitrogens with zero attached hydrogens (tertiary/aromatic N) is 1. The van der Waals surface area contributed by atoms with Crippen molar-refractivity contribution in [1.82, 2.24) is 5.32 Å². The van der Waals surface area contributed by atoms with Gasteiger partial charge in [0.25, 0.3) is 5.91 Å². The molecule has 0 radical (unpaired) electrons. The molecule has 1 aliphatic rings. The van der Waals surface area contributed by atoms with E-state index in [0.29, 0.717) is 17.7 Å².